The molecule has 2 unspecified atom stereocenters. The number of anilines is 1. The van der Waals surface area contributed by atoms with Crippen LogP contribution in [0.15, 0.2) is 6.20 Å². The maximum atomic E-state index is 5.75. The third-order valence-electron chi connectivity index (χ3n) is 2.23. The molecule has 1 N–H and O–H groups in total. The Bertz CT molecular complexity index is 274. The van der Waals surface area contributed by atoms with Gasteiger partial charge in [-0.25, -0.2) is 4.98 Å². The minimum Gasteiger partial charge on any atom is -0.358 e. The van der Waals surface area contributed by atoms with Gasteiger partial charge in [0.2, 0.25) is 0 Å². The molecule has 1 aliphatic rings. The highest BCUT2D eigenvalue weighted by Gasteiger charge is 2.35. The zero-order chi connectivity index (χ0) is 8.55. The van der Waals surface area contributed by atoms with Gasteiger partial charge in [-0.1, -0.05) is 36.3 Å². The standard InChI is InChI=1S/C8H11ClN2S/c1-2-5-3-6(5)11-8-10-4-7(9)12-8/h4-6H,2-3H2,1H3,(H,10,11). The summed E-state index contributed by atoms with van der Waals surface area (Å²) in [6.07, 6.45) is 4.24. The molecule has 2 rings (SSSR count). The van der Waals surface area contributed by atoms with Crippen molar-refractivity contribution in [1.82, 2.24) is 4.98 Å². The monoisotopic (exact) mass is 202 g/mol. The molecule has 1 heterocycles. The number of aromatic nitrogens is 1. The number of hydrogen-bond acceptors (Lipinski definition) is 3. The number of rotatable bonds is 3. The van der Waals surface area contributed by atoms with Crippen molar-refractivity contribution in [2.24, 2.45) is 5.92 Å². The van der Waals surface area contributed by atoms with Crippen LogP contribution < -0.4 is 5.32 Å². The van der Waals surface area contributed by atoms with Crippen LogP contribution in [0, 0.1) is 5.92 Å². The average Bonchev–Trinajstić information content (AvgIpc) is 2.67. The lowest BCUT2D eigenvalue weighted by Gasteiger charge is -1.98. The highest BCUT2D eigenvalue weighted by molar-refractivity contribution is 7.19. The number of hydrogen-bond donors (Lipinski definition) is 1. The molecule has 1 aromatic rings. The van der Waals surface area contributed by atoms with Crippen molar-refractivity contribution in [3.8, 4) is 0 Å². The minimum atomic E-state index is 0.650. The van der Waals surface area contributed by atoms with Crippen molar-refractivity contribution < 1.29 is 0 Å². The van der Waals surface area contributed by atoms with E-state index in [4.69, 9.17) is 11.6 Å². The molecule has 1 aliphatic carbocycles. The van der Waals surface area contributed by atoms with Crippen molar-refractivity contribution in [2.75, 3.05) is 5.32 Å². The van der Waals surface area contributed by atoms with Gasteiger partial charge in [0.05, 0.1) is 6.20 Å². The molecular formula is C8H11ClN2S. The smallest absolute Gasteiger partial charge is 0.184 e. The van der Waals surface area contributed by atoms with E-state index in [1.165, 1.54) is 24.2 Å². The molecule has 1 aromatic heterocycles. The van der Waals surface area contributed by atoms with E-state index < -0.39 is 0 Å². The van der Waals surface area contributed by atoms with Gasteiger partial charge < -0.3 is 5.32 Å². The van der Waals surface area contributed by atoms with E-state index >= 15 is 0 Å². The van der Waals surface area contributed by atoms with Crippen LogP contribution in [-0.4, -0.2) is 11.0 Å². The second-order valence-corrected chi connectivity index (χ2v) is 4.79. The van der Waals surface area contributed by atoms with Gasteiger partial charge in [-0.05, 0) is 12.3 Å². The Morgan fingerprint density at radius 1 is 1.83 bits per heavy atom. The fourth-order valence-corrected chi connectivity index (χ4v) is 2.23. The predicted molar refractivity (Wildman–Crippen MR) is 52.9 cm³/mol. The summed E-state index contributed by atoms with van der Waals surface area (Å²) < 4.78 is 0.756. The predicted octanol–water partition coefficient (Wildman–Crippen LogP) is 3.01. The fourth-order valence-electron chi connectivity index (χ4n) is 1.36. The van der Waals surface area contributed by atoms with E-state index in [1.807, 2.05) is 0 Å². The molecule has 0 bridgehead atoms. The molecule has 0 amide bonds. The Hall–Kier alpha value is -0.280. The van der Waals surface area contributed by atoms with Crippen LogP contribution >= 0.6 is 22.9 Å². The molecule has 4 heteroatoms. The third kappa shape index (κ3) is 1.72. The third-order valence-corrected chi connectivity index (χ3v) is 3.28. The first kappa shape index (κ1) is 8.32. The van der Waals surface area contributed by atoms with Gasteiger partial charge in [0.1, 0.15) is 4.34 Å². The topological polar surface area (TPSA) is 24.9 Å². The van der Waals surface area contributed by atoms with Crippen LogP contribution in [0.1, 0.15) is 19.8 Å². The molecule has 0 aromatic carbocycles. The zero-order valence-electron chi connectivity index (χ0n) is 6.88. The molecule has 0 saturated heterocycles. The maximum absolute atomic E-state index is 5.75. The fraction of sp³-hybridized carbons (Fsp3) is 0.625. The largest absolute Gasteiger partial charge is 0.358 e. The molecule has 2 atom stereocenters. The summed E-state index contributed by atoms with van der Waals surface area (Å²) >= 11 is 7.26. The van der Waals surface area contributed by atoms with Gasteiger partial charge in [0.25, 0.3) is 0 Å². The van der Waals surface area contributed by atoms with Crippen LogP contribution in [0.3, 0.4) is 0 Å². The van der Waals surface area contributed by atoms with Gasteiger partial charge in [-0.2, -0.15) is 0 Å². The first-order chi connectivity index (χ1) is 5.79. The van der Waals surface area contributed by atoms with Crippen LogP contribution in [0.25, 0.3) is 0 Å². The summed E-state index contributed by atoms with van der Waals surface area (Å²) in [7, 11) is 0. The molecule has 12 heavy (non-hydrogen) atoms. The highest BCUT2D eigenvalue weighted by atomic mass is 35.5. The van der Waals surface area contributed by atoms with E-state index in [9.17, 15) is 0 Å². The van der Waals surface area contributed by atoms with Crippen molar-refractivity contribution in [3.63, 3.8) is 0 Å². The molecule has 66 valence electrons. The molecule has 0 aliphatic heterocycles. The Kier molecular flexibility index (Phi) is 2.24. The molecular weight excluding hydrogens is 192 g/mol. The Morgan fingerprint density at radius 2 is 2.67 bits per heavy atom. The number of halogens is 1. The van der Waals surface area contributed by atoms with Gasteiger partial charge in [-0.3, -0.25) is 0 Å². The number of nitrogens with one attached hydrogen (secondary N) is 1. The summed E-state index contributed by atoms with van der Waals surface area (Å²) in [6.45, 7) is 2.22. The SMILES string of the molecule is CCC1CC1Nc1ncc(Cl)s1. The number of thiazole rings is 1. The quantitative estimate of drug-likeness (QED) is 0.815. The molecule has 1 saturated carbocycles. The Balaban J connectivity index is 1.89. The summed E-state index contributed by atoms with van der Waals surface area (Å²) in [4.78, 5) is 4.14. The summed E-state index contributed by atoms with van der Waals surface area (Å²) in [5.41, 5.74) is 0. The van der Waals surface area contributed by atoms with Crippen LogP contribution in [-0.2, 0) is 0 Å². The average molecular weight is 203 g/mol. The lowest BCUT2D eigenvalue weighted by molar-refractivity contribution is 0.774. The van der Waals surface area contributed by atoms with E-state index in [0.717, 1.165) is 15.4 Å². The van der Waals surface area contributed by atoms with E-state index in [-0.39, 0.29) is 0 Å². The van der Waals surface area contributed by atoms with Crippen LogP contribution in [0.2, 0.25) is 4.34 Å². The molecule has 0 radical (unpaired) electrons. The Labute approximate surface area is 81.0 Å². The van der Waals surface area contributed by atoms with E-state index in [0.29, 0.717) is 6.04 Å². The van der Waals surface area contributed by atoms with Gasteiger partial charge in [0.15, 0.2) is 5.13 Å². The lowest BCUT2D eigenvalue weighted by atomic mass is 10.3. The normalized spacial score (nSPS) is 27.2. The first-order valence-electron chi connectivity index (χ1n) is 4.17. The summed E-state index contributed by atoms with van der Waals surface area (Å²) in [5, 5.41) is 4.32. The Morgan fingerprint density at radius 3 is 3.17 bits per heavy atom. The van der Waals surface area contributed by atoms with Crippen molar-refractivity contribution >= 4 is 28.1 Å². The van der Waals surface area contributed by atoms with E-state index in [2.05, 4.69) is 17.2 Å². The maximum Gasteiger partial charge on any atom is 0.184 e. The van der Waals surface area contributed by atoms with E-state index in [1.54, 1.807) is 6.20 Å². The zero-order valence-corrected chi connectivity index (χ0v) is 8.45. The molecule has 1 fully saturated rings. The van der Waals surface area contributed by atoms with Crippen LogP contribution in [0.5, 0.6) is 0 Å². The number of nitrogens with zero attached hydrogens (tertiary/aromatic N) is 1. The highest BCUT2D eigenvalue weighted by Crippen LogP contribution is 2.37. The molecule has 2 nitrogen and oxygen atoms in total. The summed E-state index contributed by atoms with van der Waals surface area (Å²) in [6, 6.07) is 0.650. The summed E-state index contributed by atoms with van der Waals surface area (Å²) in [5.74, 6) is 0.854. The van der Waals surface area contributed by atoms with Gasteiger partial charge in [-0.15, -0.1) is 0 Å². The second kappa shape index (κ2) is 3.23. The first-order valence-corrected chi connectivity index (χ1v) is 5.37. The van der Waals surface area contributed by atoms with Gasteiger partial charge >= 0.3 is 0 Å². The second-order valence-electron chi connectivity index (χ2n) is 3.12. The van der Waals surface area contributed by atoms with Crippen molar-refractivity contribution in [3.05, 3.63) is 10.5 Å². The minimum absolute atomic E-state index is 0.650. The van der Waals surface area contributed by atoms with Gasteiger partial charge in [0, 0.05) is 6.04 Å². The van der Waals surface area contributed by atoms with Crippen molar-refractivity contribution in [1.29, 1.82) is 0 Å². The molecule has 0 spiro atoms. The van der Waals surface area contributed by atoms with Crippen molar-refractivity contribution in [2.45, 2.75) is 25.8 Å². The lowest BCUT2D eigenvalue weighted by Crippen LogP contribution is -2.03. The van der Waals surface area contributed by atoms with Crippen LogP contribution in [0.4, 0.5) is 5.13 Å².